The molecule has 1 aromatic carbocycles. The highest BCUT2D eigenvalue weighted by Gasteiger charge is 2.33. The summed E-state index contributed by atoms with van der Waals surface area (Å²) in [5.41, 5.74) is 0.545. The molecule has 4 heteroatoms. The molecule has 20 heavy (non-hydrogen) atoms. The van der Waals surface area contributed by atoms with Crippen molar-refractivity contribution in [1.82, 2.24) is 5.32 Å². The van der Waals surface area contributed by atoms with Crippen LogP contribution >= 0.6 is 0 Å². The van der Waals surface area contributed by atoms with Crippen LogP contribution in [0.4, 0.5) is 0 Å². The topological polar surface area (TPSA) is 54.3 Å². The van der Waals surface area contributed by atoms with Crippen molar-refractivity contribution >= 4 is 0 Å². The van der Waals surface area contributed by atoms with Crippen molar-refractivity contribution in [3.63, 3.8) is 0 Å². The number of benzene rings is 1. The molecule has 1 unspecified atom stereocenters. The summed E-state index contributed by atoms with van der Waals surface area (Å²) in [4.78, 5) is 0. The van der Waals surface area contributed by atoms with Crippen LogP contribution in [0.15, 0.2) is 18.2 Å². The largest absolute Gasteiger partial charge is 0.493 e. The van der Waals surface area contributed by atoms with E-state index in [-0.39, 0.29) is 0 Å². The fourth-order valence-electron chi connectivity index (χ4n) is 2.06. The fourth-order valence-corrected chi connectivity index (χ4v) is 2.06. The molecule has 1 atom stereocenters. The van der Waals surface area contributed by atoms with Crippen LogP contribution in [0.5, 0.6) is 11.5 Å². The average Bonchev–Trinajstić information content (AvgIpc) is 3.28. The number of rotatable bonds is 7. The van der Waals surface area contributed by atoms with Gasteiger partial charge in [-0.2, -0.15) is 5.26 Å². The Balaban J connectivity index is 2.03. The van der Waals surface area contributed by atoms with Gasteiger partial charge in [-0.3, -0.25) is 5.32 Å². The lowest BCUT2D eigenvalue weighted by Gasteiger charge is -2.24. The Morgan fingerprint density at radius 3 is 2.70 bits per heavy atom. The van der Waals surface area contributed by atoms with Gasteiger partial charge in [-0.15, -0.1) is 0 Å². The lowest BCUT2D eigenvalue weighted by atomic mass is 10.1. The van der Waals surface area contributed by atoms with Gasteiger partial charge in [0, 0.05) is 6.04 Å². The third kappa shape index (κ3) is 3.64. The molecule has 0 radical (unpaired) electrons. The summed E-state index contributed by atoms with van der Waals surface area (Å²) in [5.74, 6) is 1.40. The van der Waals surface area contributed by atoms with Gasteiger partial charge in [0.15, 0.2) is 11.5 Å². The minimum atomic E-state index is -0.657. The normalized spacial score (nSPS) is 17.1. The molecule has 0 amide bonds. The Labute approximate surface area is 120 Å². The molecule has 4 nitrogen and oxygen atoms in total. The monoisotopic (exact) mass is 274 g/mol. The van der Waals surface area contributed by atoms with Gasteiger partial charge in [-0.05, 0) is 43.9 Å². The summed E-state index contributed by atoms with van der Waals surface area (Å²) in [5, 5.41) is 12.6. The van der Waals surface area contributed by atoms with Crippen molar-refractivity contribution in [2.45, 2.75) is 44.7 Å². The first-order valence-corrected chi connectivity index (χ1v) is 7.09. The number of nitrogens with one attached hydrogen (secondary N) is 1. The van der Waals surface area contributed by atoms with E-state index in [1.807, 2.05) is 25.1 Å². The first-order chi connectivity index (χ1) is 9.60. The second-order valence-corrected chi connectivity index (χ2v) is 5.49. The minimum Gasteiger partial charge on any atom is -0.493 e. The van der Waals surface area contributed by atoms with Gasteiger partial charge in [-0.25, -0.2) is 0 Å². The van der Waals surface area contributed by atoms with Crippen LogP contribution in [-0.2, 0) is 6.42 Å². The summed E-state index contributed by atoms with van der Waals surface area (Å²) in [7, 11) is 1.63. The molecule has 1 aromatic rings. The van der Waals surface area contributed by atoms with Gasteiger partial charge in [0.25, 0.3) is 0 Å². The number of nitriles is 1. The van der Waals surface area contributed by atoms with Crippen LogP contribution in [0, 0.1) is 11.3 Å². The third-order valence-electron chi connectivity index (χ3n) is 3.50. The highest BCUT2D eigenvalue weighted by Crippen LogP contribution is 2.29. The number of hydrogen-bond acceptors (Lipinski definition) is 4. The molecule has 0 aromatic heterocycles. The van der Waals surface area contributed by atoms with Gasteiger partial charge in [0.2, 0.25) is 0 Å². The van der Waals surface area contributed by atoms with Crippen LogP contribution < -0.4 is 14.8 Å². The quantitative estimate of drug-likeness (QED) is 0.830. The van der Waals surface area contributed by atoms with Crippen LogP contribution in [0.25, 0.3) is 0 Å². The number of aryl methyl sites for hydroxylation is 1. The summed E-state index contributed by atoms with van der Waals surface area (Å²) < 4.78 is 11.2. The molecule has 2 rings (SSSR count). The van der Waals surface area contributed by atoms with Crippen molar-refractivity contribution in [3.8, 4) is 17.6 Å². The Morgan fingerprint density at radius 1 is 1.40 bits per heavy atom. The van der Waals surface area contributed by atoms with Gasteiger partial charge in [0.05, 0.1) is 13.2 Å². The minimum absolute atomic E-state index is 0.307. The number of methoxy groups -OCH3 is 1. The first kappa shape index (κ1) is 14.7. The molecular formula is C16H22N2O2. The zero-order chi connectivity index (χ0) is 14.6. The van der Waals surface area contributed by atoms with Gasteiger partial charge < -0.3 is 9.47 Å². The SMILES string of the molecule is CCc1ccc(OCC(C)(C#N)NC2CC2)c(OC)c1. The van der Waals surface area contributed by atoms with Crippen molar-refractivity contribution < 1.29 is 9.47 Å². The van der Waals surface area contributed by atoms with E-state index in [1.54, 1.807) is 7.11 Å². The zero-order valence-electron chi connectivity index (χ0n) is 12.4. The Hall–Kier alpha value is -1.73. The first-order valence-electron chi connectivity index (χ1n) is 7.09. The predicted molar refractivity (Wildman–Crippen MR) is 78.0 cm³/mol. The van der Waals surface area contributed by atoms with E-state index in [0.29, 0.717) is 18.4 Å². The Morgan fingerprint density at radius 2 is 2.15 bits per heavy atom. The fraction of sp³-hybridized carbons (Fsp3) is 0.562. The van der Waals surface area contributed by atoms with E-state index in [1.165, 1.54) is 5.56 Å². The van der Waals surface area contributed by atoms with Crippen molar-refractivity contribution in [2.75, 3.05) is 13.7 Å². The van der Waals surface area contributed by atoms with Gasteiger partial charge in [-0.1, -0.05) is 13.0 Å². The second kappa shape index (κ2) is 6.15. The highest BCUT2D eigenvalue weighted by molar-refractivity contribution is 5.43. The maximum atomic E-state index is 9.32. The molecular weight excluding hydrogens is 252 g/mol. The molecule has 0 bridgehead atoms. The van der Waals surface area contributed by atoms with E-state index in [9.17, 15) is 5.26 Å². The summed E-state index contributed by atoms with van der Waals surface area (Å²) in [6.45, 7) is 4.28. The molecule has 0 heterocycles. The molecule has 1 aliphatic carbocycles. The maximum Gasteiger partial charge on any atom is 0.161 e. The van der Waals surface area contributed by atoms with E-state index >= 15 is 0 Å². The van der Waals surface area contributed by atoms with E-state index in [0.717, 1.165) is 25.0 Å². The third-order valence-corrected chi connectivity index (χ3v) is 3.50. The standard InChI is InChI=1S/C16H22N2O2/c1-4-12-5-8-14(15(9-12)19-3)20-11-16(2,10-17)18-13-6-7-13/h5,8-9,13,18H,4,6-7,11H2,1-3H3. The lowest BCUT2D eigenvalue weighted by Crippen LogP contribution is -2.47. The van der Waals surface area contributed by atoms with Crippen molar-refractivity contribution in [3.05, 3.63) is 23.8 Å². The van der Waals surface area contributed by atoms with E-state index < -0.39 is 5.54 Å². The number of nitrogens with zero attached hydrogens (tertiary/aromatic N) is 1. The zero-order valence-corrected chi connectivity index (χ0v) is 12.4. The van der Waals surface area contributed by atoms with Crippen LogP contribution in [0.2, 0.25) is 0 Å². The van der Waals surface area contributed by atoms with Crippen LogP contribution in [0.3, 0.4) is 0 Å². The smallest absolute Gasteiger partial charge is 0.161 e. The van der Waals surface area contributed by atoms with Gasteiger partial charge >= 0.3 is 0 Å². The summed E-state index contributed by atoms with van der Waals surface area (Å²) in [6, 6.07) is 8.68. The molecule has 1 N–H and O–H groups in total. The number of hydrogen-bond donors (Lipinski definition) is 1. The number of ether oxygens (including phenoxy) is 2. The van der Waals surface area contributed by atoms with Crippen molar-refractivity contribution in [1.29, 1.82) is 5.26 Å². The highest BCUT2D eigenvalue weighted by atomic mass is 16.5. The molecule has 1 fully saturated rings. The van der Waals surface area contributed by atoms with E-state index in [2.05, 4.69) is 18.3 Å². The van der Waals surface area contributed by atoms with Crippen molar-refractivity contribution in [2.24, 2.45) is 0 Å². The maximum absolute atomic E-state index is 9.32. The Bertz CT molecular complexity index is 506. The second-order valence-electron chi connectivity index (χ2n) is 5.49. The Kier molecular flexibility index (Phi) is 4.51. The molecule has 108 valence electrons. The molecule has 0 spiro atoms. The summed E-state index contributed by atoms with van der Waals surface area (Å²) in [6.07, 6.45) is 3.24. The molecule has 0 saturated heterocycles. The van der Waals surface area contributed by atoms with Crippen LogP contribution in [-0.4, -0.2) is 25.3 Å². The van der Waals surface area contributed by atoms with Crippen LogP contribution in [0.1, 0.15) is 32.3 Å². The molecule has 1 aliphatic rings. The molecule has 0 aliphatic heterocycles. The lowest BCUT2D eigenvalue weighted by molar-refractivity contribution is 0.223. The van der Waals surface area contributed by atoms with E-state index in [4.69, 9.17) is 9.47 Å². The predicted octanol–water partition coefficient (Wildman–Crippen LogP) is 2.67. The summed E-state index contributed by atoms with van der Waals surface area (Å²) >= 11 is 0. The molecule has 1 saturated carbocycles. The average molecular weight is 274 g/mol. The van der Waals surface area contributed by atoms with Gasteiger partial charge in [0.1, 0.15) is 12.1 Å².